The number of piperazine rings is 1. The first-order valence-electron chi connectivity index (χ1n) is 8.87. The summed E-state index contributed by atoms with van der Waals surface area (Å²) in [5, 5.41) is 0. The summed E-state index contributed by atoms with van der Waals surface area (Å²) >= 11 is 0. The normalized spacial score (nSPS) is 20.0. The van der Waals surface area contributed by atoms with Gasteiger partial charge in [0.15, 0.2) is 0 Å². The van der Waals surface area contributed by atoms with E-state index in [4.69, 9.17) is 4.74 Å². The minimum absolute atomic E-state index is 0.139. The van der Waals surface area contributed by atoms with Crippen molar-refractivity contribution in [3.63, 3.8) is 0 Å². The lowest BCUT2D eigenvalue weighted by molar-refractivity contribution is -0.136. The van der Waals surface area contributed by atoms with E-state index < -0.39 is 10.0 Å². The number of nitrogens with zero attached hydrogens (tertiary/aromatic N) is 2. The first-order chi connectivity index (χ1) is 11.9. The molecule has 0 unspecified atom stereocenters. The predicted molar refractivity (Wildman–Crippen MR) is 95.0 cm³/mol. The van der Waals surface area contributed by atoms with Crippen LogP contribution in [0.2, 0.25) is 0 Å². The molecule has 1 saturated heterocycles. The van der Waals surface area contributed by atoms with Gasteiger partial charge in [-0.25, -0.2) is 8.42 Å². The Bertz CT molecular complexity index is 733. The molecule has 1 aromatic carbocycles. The van der Waals surface area contributed by atoms with Gasteiger partial charge in [-0.3, -0.25) is 4.79 Å². The summed E-state index contributed by atoms with van der Waals surface area (Å²) in [6, 6.07) is 5.16. The maximum atomic E-state index is 13.0. The summed E-state index contributed by atoms with van der Waals surface area (Å²) in [6.07, 6.45) is 4.19. The highest BCUT2D eigenvalue weighted by atomic mass is 32.2. The van der Waals surface area contributed by atoms with Crippen LogP contribution in [0.1, 0.15) is 31.2 Å². The van der Waals surface area contributed by atoms with E-state index in [0.717, 1.165) is 31.2 Å². The van der Waals surface area contributed by atoms with Crippen LogP contribution < -0.4 is 4.74 Å². The summed E-state index contributed by atoms with van der Waals surface area (Å²) in [5.74, 6) is 0.692. The molecule has 138 valence electrons. The van der Waals surface area contributed by atoms with Crippen LogP contribution in [0.25, 0.3) is 0 Å². The van der Waals surface area contributed by atoms with E-state index in [0.29, 0.717) is 31.9 Å². The van der Waals surface area contributed by atoms with E-state index in [9.17, 15) is 13.2 Å². The molecule has 0 aromatic heterocycles. The molecule has 1 aliphatic heterocycles. The number of aryl methyl sites for hydroxylation is 1. The summed E-state index contributed by atoms with van der Waals surface area (Å²) < 4.78 is 32.7. The fourth-order valence-electron chi connectivity index (χ4n) is 3.70. The van der Waals surface area contributed by atoms with Gasteiger partial charge in [-0.15, -0.1) is 0 Å². The van der Waals surface area contributed by atoms with Gasteiger partial charge in [-0.1, -0.05) is 18.9 Å². The van der Waals surface area contributed by atoms with Crippen molar-refractivity contribution in [2.24, 2.45) is 5.92 Å². The minimum atomic E-state index is -3.63. The molecule has 6 nitrogen and oxygen atoms in total. The summed E-state index contributed by atoms with van der Waals surface area (Å²) in [7, 11) is -2.15. The first-order valence-corrected chi connectivity index (χ1v) is 10.3. The topological polar surface area (TPSA) is 66.9 Å². The Morgan fingerprint density at radius 2 is 1.76 bits per heavy atom. The van der Waals surface area contributed by atoms with E-state index in [1.807, 2.05) is 17.9 Å². The zero-order chi connectivity index (χ0) is 18.0. The highest BCUT2D eigenvalue weighted by Crippen LogP contribution is 2.30. The van der Waals surface area contributed by atoms with Crippen molar-refractivity contribution in [2.45, 2.75) is 37.5 Å². The van der Waals surface area contributed by atoms with E-state index in [1.54, 1.807) is 12.1 Å². The Balaban J connectivity index is 1.71. The highest BCUT2D eigenvalue weighted by molar-refractivity contribution is 7.89. The van der Waals surface area contributed by atoms with E-state index in [1.165, 1.54) is 11.4 Å². The Labute approximate surface area is 149 Å². The summed E-state index contributed by atoms with van der Waals surface area (Å²) in [5.41, 5.74) is 0.870. The van der Waals surface area contributed by atoms with Gasteiger partial charge in [0.2, 0.25) is 15.9 Å². The highest BCUT2D eigenvalue weighted by Gasteiger charge is 2.34. The minimum Gasteiger partial charge on any atom is -0.495 e. The molecule has 2 aliphatic rings. The Morgan fingerprint density at radius 3 is 2.36 bits per heavy atom. The number of methoxy groups -OCH3 is 1. The Morgan fingerprint density at radius 1 is 1.12 bits per heavy atom. The van der Waals surface area contributed by atoms with Crippen LogP contribution in [0.3, 0.4) is 0 Å². The number of carbonyl (C=O) groups is 1. The molecule has 25 heavy (non-hydrogen) atoms. The van der Waals surface area contributed by atoms with Gasteiger partial charge in [0.1, 0.15) is 10.6 Å². The van der Waals surface area contributed by atoms with E-state index in [2.05, 4.69) is 0 Å². The second-order valence-electron chi connectivity index (χ2n) is 6.87. The average Bonchev–Trinajstić information content (AvgIpc) is 3.16. The van der Waals surface area contributed by atoms with Gasteiger partial charge in [-0.2, -0.15) is 4.31 Å². The molecule has 1 heterocycles. The zero-order valence-corrected chi connectivity index (χ0v) is 15.7. The maximum Gasteiger partial charge on any atom is 0.246 e. The van der Waals surface area contributed by atoms with Crippen LogP contribution in [-0.4, -0.2) is 56.8 Å². The van der Waals surface area contributed by atoms with Crippen molar-refractivity contribution in [3.8, 4) is 5.75 Å². The van der Waals surface area contributed by atoms with Gasteiger partial charge < -0.3 is 9.64 Å². The number of benzene rings is 1. The molecule has 1 aliphatic carbocycles. The molecule has 0 atom stereocenters. The number of amides is 1. The molecule has 0 bridgehead atoms. The third kappa shape index (κ3) is 3.67. The van der Waals surface area contributed by atoms with Gasteiger partial charge >= 0.3 is 0 Å². The zero-order valence-electron chi connectivity index (χ0n) is 14.9. The van der Waals surface area contributed by atoms with Crippen molar-refractivity contribution >= 4 is 15.9 Å². The second-order valence-corrected chi connectivity index (χ2v) is 8.77. The molecular formula is C18H26N2O4S. The Kier molecular flexibility index (Phi) is 5.34. The van der Waals surface area contributed by atoms with E-state index in [-0.39, 0.29) is 16.7 Å². The smallest absolute Gasteiger partial charge is 0.246 e. The number of hydrogen-bond acceptors (Lipinski definition) is 4. The van der Waals surface area contributed by atoms with Crippen molar-refractivity contribution in [1.82, 2.24) is 9.21 Å². The van der Waals surface area contributed by atoms with Crippen LogP contribution in [0, 0.1) is 12.8 Å². The van der Waals surface area contributed by atoms with Gasteiger partial charge in [-0.05, 0) is 37.5 Å². The van der Waals surface area contributed by atoms with Gasteiger partial charge in [0.25, 0.3) is 0 Å². The van der Waals surface area contributed by atoms with Crippen molar-refractivity contribution in [2.75, 3.05) is 33.3 Å². The molecule has 0 spiro atoms. The molecule has 7 heteroatoms. The van der Waals surface area contributed by atoms with Gasteiger partial charge in [0, 0.05) is 32.1 Å². The third-order valence-electron chi connectivity index (χ3n) is 5.19. The first kappa shape index (κ1) is 18.2. The van der Waals surface area contributed by atoms with Crippen LogP contribution in [-0.2, 0) is 14.8 Å². The van der Waals surface area contributed by atoms with E-state index >= 15 is 0 Å². The monoisotopic (exact) mass is 366 g/mol. The van der Waals surface area contributed by atoms with Crippen LogP contribution >= 0.6 is 0 Å². The maximum absolute atomic E-state index is 13.0. The SMILES string of the molecule is COc1ccc(C)cc1S(=O)(=O)N1CCN(C(=O)C2CCCC2)CC1. The standard InChI is InChI=1S/C18H26N2O4S/c1-14-7-8-16(24-2)17(13-14)25(22,23)20-11-9-19(10-12-20)18(21)15-5-3-4-6-15/h7-8,13,15H,3-6,9-12H2,1-2H3. The number of ether oxygens (including phenoxy) is 1. The molecule has 0 radical (unpaired) electrons. The predicted octanol–water partition coefficient (Wildman–Crippen LogP) is 2.03. The second kappa shape index (κ2) is 7.33. The number of hydrogen-bond donors (Lipinski definition) is 0. The lowest BCUT2D eigenvalue weighted by atomic mass is 10.1. The summed E-state index contributed by atoms with van der Waals surface area (Å²) in [4.78, 5) is 14.5. The third-order valence-corrected chi connectivity index (χ3v) is 7.11. The molecule has 1 amide bonds. The van der Waals surface area contributed by atoms with Crippen molar-refractivity contribution < 1.29 is 17.9 Å². The number of rotatable bonds is 4. The average molecular weight is 366 g/mol. The van der Waals surface area contributed by atoms with Crippen LogP contribution in [0.5, 0.6) is 5.75 Å². The molecule has 0 N–H and O–H groups in total. The van der Waals surface area contributed by atoms with Crippen LogP contribution in [0.4, 0.5) is 0 Å². The lowest BCUT2D eigenvalue weighted by Gasteiger charge is -2.35. The van der Waals surface area contributed by atoms with Crippen LogP contribution in [0.15, 0.2) is 23.1 Å². The lowest BCUT2D eigenvalue weighted by Crippen LogP contribution is -2.51. The Hall–Kier alpha value is -1.60. The molecule has 3 rings (SSSR count). The quantitative estimate of drug-likeness (QED) is 0.818. The molecule has 1 saturated carbocycles. The van der Waals surface area contributed by atoms with Crippen molar-refractivity contribution in [3.05, 3.63) is 23.8 Å². The van der Waals surface area contributed by atoms with Gasteiger partial charge in [0.05, 0.1) is 7.11 Å². The fourth-order valence-corrected chi connectivity index (χ4v) is 5.37. The largest absolute Gasteiger partial charge is 0.495 e. The summed E-state index contributed by atoms with van der Waals surface area (Å²) in [6.45, 7) is 3.44. The molecule has 1 aromatic rings. The van der Waals surface area contributed by atoms with Crippen molar-refractivity contribution in [1.29, 1.82) is 0 Å². The number of sulfonamides is 1. The fraction of sp³-hybridized carbons (Fsp3) is 0.611. The number of carbonyl (C=O) groups excluding carboxylic acids is 1. The molecular weight excluding hydrogens is 340 g/mol. The molecule has 2 fully saturated rings.